The maximum Gasteiger partial charge on any atom is 0.410 e. The molecule has 4 heterocycles. The molecule has 3 aliphatic heterocycles. The molecule has 2 fully saturated rings. The molecular weight excluding hydrogens is 484 g/mol. The van der Waals surface area contributed by atoms with Crippen molar-refractivity contribution >= 4 is 29.7 Å². The minimum absolute atomic E-state index is 0.0177. The van der Waals surface area contributed by atoms with Gasteiger partial charge in [0, 0.05) is 28.7 Å². The van der Waals surface area contributed by atoms with E-state index in [-0.39, 0.29) is 41.5 Å². The molecule has 36 heavy (non-hydrogen) atoms. The van der Waals surface area contributed by atoms with Gasteiger partial charge in [-0.3, -0.25) is 4.79 Å². The summed E-state index contributed by atoms with van der Waals surface area (Å²) in [6.07, 6.45) is 8.67. The molecule has 0 aromatic carbocycles. The number of aromatic nitrogens is 2. The number of carboxylic acids is 1. The lowest BCUT2D eigenvalue weighted by Crippen LogP contribution is -2.63. The highest BCUT2D eigenvalue weighted by Crippen LogP contribution is 2.52. The fourth-order valence-electron chi connectivity index (χ4n) is 5.67. The predicted molar refractivity (Wildman–Crippen MR) is 133 cm³/mol. The second kappa shape index (κ2) is 10.7. The van der Waals surface area contributed by atoms with Crippen molar-refractivity contribution in [3.8, 4) is 0 Å². The standard InChI is InChI=1S/C25H34N4O6S/c1-5-11-35-25(34)28-13-18(12-17(28)7-6-8-27-10-9-26(4)14-27)36-22-15(2)20-19(16(3)30)23(31)29(20)21(22)24(32)33/h5,9-10,14-20,30H,1,6-8,11-13H2,2-4H3/p+1/t15-,16-,17-,18+,19-,20-/m1/s1. The molecule has 1 aromatic heterocycles. The van der Waals surface area contributed by atoms with Crippen LogP contribution in [0.2, 0.25) is 0 Å². The van der Waals surface area contributed by atoms with E-state index in [9.17, 15) is 24.6 Å². The van der Waals surface area contributed by atoms with Gasteiger partial charge in [-0.1, -0.05) is 19.6 Å². The molecule has 10 nitrogen and oxygen atoms in total. The summed E-state index contributed by atoms with van der Waals surface area (Å²) in [4.78, 5) is 41.3. The molecule has 0 spiro atoms. The van der Waals surface area contributed by atoms with Gasteiger partial charge in [0.15, 0.2) is 0 Å². The molecule has 196 valence electrons. The zero-order valence-electron chi connectivity index (χ0n) is 20.9. The van der Waals surface area contributed by atoms with Gasteiger partial charge in [-0.25, -0.2) is 18.7 Å². The number of aryl methyl sites for hydroxylation is 2. The van der Waals surface area contributed by atoms with Crippen molar-refractivity contribution in [1.29, 1.82) is 0 Å². The SMILES string of the molecule is C=CCOC(=O)N1C[C@@H](SC2=C(C(=O)O)N3C(=O)[C@H]([C@@H](C)O)[C@H]3[C@H]2C)C[C@H]1CCCn1cc[n+](C)c1. The molecule has 4 rings (SSSR count). The van der Waals surface area contributed by atoms with Crippen molar-refractivity contribution < 1.29 is 33.9 Å². The van der Waals surface area contributed by atoms with E-state index in [0.29, 0.717) is 17.9 Å². The van der Waals surface area contributed by atoms with Crippen molar-refractivity contribution in [2.24, 2.45) is 18.9 Å². The molecule has 1 aromatic rings. The van der Waals surface area contributed by atoms with Crippen molar-refractivity contribution in [2.75, 3.05) is 13.2 Å². The zero-order chi connectivity index (χ0) is 26.1. The summed E-state index contributed by atoms with van der Waals surface area (Å²) in [5.74, 6) is -2.27. The Morgan fingerprint density at radius 3 is 2.78 bits per heavy atom. The Morgan fingerprint density at radius 1 is 1.42 bits per heavy atom. The summed E-state index contributed by atoms with van der Waals surface area (Å²) in [7, 11) is 1.97. The number of aliphatic carboxylic acids is 1. The lowest BCUT2D eigenvalue weighted by molar-refractivity contribution is -0.671. The molecule has 0 bridgehead atoms. The second-order valence-corrected chi connectivity index (χ2v) is 11.2. The third-order valence-corrected chi connectivity index (χ3v) is 8.81. The second-order valence-electron chi connectivity index (χ2n) is 9.88. The Morgan fingerprint density at radius 2 is 2.17 bits per heavy atom. The highest BCUT2D eigenvalue weighted by Gasteiger charge is 2.60. The number of aliphatic hydroxyl groups is 1. The Kier molecular flexibility index (Phi) is 7.79. The molecule has 0 unspecified atom stereocenters. The molecule has 0 aliphatic carbocycles. The van der Waals surface area contributed by atoms with Crippen molar-refractivity contribution in [1.82, 2.24) is 14.4 Å². The number of nitrogens with zero attached hydrogens (tertiary/aromatic N) is 4. The number of rotatable bonds is 10. The number of ether oxygens (including phenoxy) is 1. The van der Waals surface area contributed by atoms with Crippen LogP contribution in [0.5, 0.6) is 0 Å². The van der Waals surface area contributed by atoms with Gasteiger partial charge in [0.2, 0.25) is 12.2 Å². The minimum atomic E-state index is -1.14. The average molecular weight is 520 g/mol. The highest BCUT2D eigenvalue weighted by atomic mass is 32.2. The number of carbonyl (C=O) groups is 3. The van der Waals surface area contributed by atoms with Gasteiger partial charge in [-0.05, 0) is 26.2 Å². The first-order chi connectivity index (χ1) is 17.1. The van der Waals surface area contributed by atoms with Crippen LogP contribution in [-0.2, 0) is 27.9 Å². The van der Waals surface area contributed by atoms with E-state index in [1.165, 1.54) is 22.7 Å². The Labute approximate surface area is 215 Å². The van der Waals surface area contributed by atoms with Crippen LogP contribution in [0.4, 0.5) is 4.79 Å². The van der Waals surface area contributed by atoms with Gasteiger partial charge < -0.3 is 24.7 Å². The molecule has 2 saturated heterocycles. The van der Waals surface area contributed by atoms with Crippen LogP contribution >= 0.6 is 11.8 Å². The maximum absolute atomic E-state index is 12.8. The molecule has 11 heteroatoms. The zero-order valence-corrected chi connectivity index (χ0v) is 21.8. The number of carbonyl (C=O) groups excluding carboxylic acids is 2. The van der Waals surface area contributed by atoms with Crippen LogP contribution in [0.25, 0.3) is 0 Å². The van der Waals surface area contributed by atoms with Crippen LogP contribution in [-0.4, -0.2) is 79.1 Å². The molecule has 2 amide bonds. The smallest absolute Gasteiger partial charge is 0.410 e. The number of imidazole rings is 1. The Bertz CT molecular complexity index is 1070. The Balaban J connectivity index is 1.48. The van der Waals surface area contributed by atoms with Crippen molar-refractivity contribution in [3.05, 3.63) is 42.0 Å². The summed E-state index contributed by atoms with van der Waals surface area (Å²) in [6.45, 7) is 8.49. The van der Waals surface area contributed by atoms with E-state index < -0.39 is 24.1 Å². The number of β-lactam (4-membered cyclic amide) rings is 1. The summed E-state index contributed by atoms with van der Waals surface area (Å²) in [6, 6.07) is -0.376. The Hall–Kier alpha value is -2.79. The monoisotopic (exact) mass is 519 g/mol. The minimum Gasteiger partial charge on any atom is -0.477 e. The number of hydrogen-bond donors (Lipinski definition) is 2. The topological polar surface area (TPSA) is 116 Å². The fourth-order valence-corrected chi connectivity index (χ4v) is 7.24. The van der Waals surface area contributed by atoms with Crippen LogP contribution in [0.15, 0.2) is 42.0 Å². The molecular formula is C25H35N4O6S+. The number of carboxylic acid groups (broad SMARTS) is 1. The van der Waals surface area contributed by atoms with Crippen LogP contribution < -0.4 is 4.57 Å². The first-order valence-corrected chi connectivity index (χ1v) is 13.2. The molecule has 2 N–H and O–H groups in total. The van der Waals surface area contributed by atoms with Gasteiger partial charge in [-0.2, -0.15) is 0 Å². The van der Waals surface area contributed by atoms with Crippen molar-refractivity contribution in [3.63, 3.8) is 0 Å². The summed E-state index contributed by atoms with van der Waals surface area (Å²) >= 11 is 1.45. The quantitative estimate of drug-likeness (QED) is 0.275. The first-order valence-electron chi connectivity index (χ1n) is 12.3. The average Bonchev–Trinajstić information content (AvgIpc) is 3.48. The first kappa shape index (κ1) is 26.3. The highest BCUT2D eigenvalue weighted by molar-refractivity contribution is 8.03. The van der Waals surface area contributed by atoms with Crippen LogP contribution in [0.1, 0.15) is 33.1 Å². The third kappa shape index (κ3) is 4.90. The van der Waals surface area contributed by atoms with Crippen LogP contribution in [0, 0.1) is 11.8 Å². The van der Waals surface area contributed by atoms with E-state index in [2.05, 4.69) is 11.1 Å². The van der Waals surface area contributed by atoms with E-state index in [0.717, 1.165) is 19.4 Å². The molecule has 6 atom stereocenters. The number of amides is 2. The van der Waals surface area contributed by atoms with Gasteiger partial charge in [0.25, 0.3) is 0 Å². The summed E-state index contributed by atoms with van der Waals surface area (Å²) in [5, 5.41) is 20.0. The largest absolute Gasteiger partial charge is 0.477 e. The van der Waals surface area contributed by atoms with E-state index >= 15 is 0 Å². The van der Waals surface area contributed by atoms with Gasteiger partial charge >= 0.3 is 12.1 Å². The van der Waals surface area contributed by atoms with E-state index in [4.69, 9.17) is 4.74 Å². The van der Waals surface area contributed by atoms with Gasteiger partial charge in [0.05, 0.1) is 31.7 Å². The van der Waals surface area contributed by atoms with Gasteiger partial charge in [-0.15, -0.1) is 11.8 Å². The number of fused-ring (bicyclic) bond motifs is 1. The third-order valence-electron chi connectivity index (χ3n) is 7.32. The normalized spacial score (nSPS) is 28.2. The predicted octanol–water partition coefficient (Wildman–Crippen LogP) is 1.75. The van der Waals surface area contributed by atoms with Gasteiger partial charge in [0.1, 0.15) is 24.7 Å². The lowest BCUT2D eigenvalue weighted by Gasteiger charge is -2.46. The van der Waals surface area contributed by atoms with E-state index in [1.807, 2.05) is 37.3 Å². The fraction of sp³-hybridized carbons (Fsp3) is 0.600. The van der Waals surface area contributed by atoms with Crippen LogP contribution in [0.3, 0.4) is 0 Å². The number of aliphatic hydroxyl groups excluding tert-OH is 1. The van der Waals surface area contributed by atoms with Crippen molar-refractivity contribution in [2.45, 2.75) is 63.1 Å². The summed E-state index contributed by atoms with van der Waals surface area (Å²) in [5.41, 5.74) is 0.0177. The molecule has 0 saturated carbocycles. The lowest BCUT2D eigenvalue weighted by atomic mass is 9.79. The number of hydrogen-bond acceptors (Lipinski definition) is 6. The maximum atomic E-state index is 12.8. The van der Waals surface area contributed by atoms with E-state index in [1.54, 1.807) is 11.8 Å². The number of likely N-dealkylation sites (tertiary alicyclic amines) is 1. The number of thioether (sulfide) groups is 1. The molecule has 0 radical (unpaired) electrons. The summed E-state index contributed by atoms with van der Waals surface area (Å²) < 4.78 is 9.42. The molecule has 3 aliphatic rings.